The molecule has 4 N–H and O–H groups in total. The van der Waals surface area contributed by atoms with Crippen molar-refractivity contribution in [2.24, 2.45) is 11.5 Å². The molecule has 0 radical (unpaired) electrons. The van der Waals surface area contributed by atoms with Gasteiger partial charge in [-0.2, -0.15) is 0 Å². The zero-order valence-corrected chi connectivity index (χ0v) is 13.4. The average molecular weight is 328 g/mol. The molecule has 0 aromatic heterocycles. The molecule has 1 aliphatic rings. The Kier molecular flexibility index (Phi) is 5.88. The minimum Gasteiger partial charge on any atom is -0.493 e. The highest BCUT2D eigenvalue weighted by Crippen LogP contribution is 2.36. The number of amides is 1. The van der Waals surface area contributed by atoms with Crippen LogP contribution in [0.25, 0.3) is 0 Å². The summed E-state index contributed by atoms with van der Waals surface area (Å²) >= 11 is 6.24. The first-order chi connectivity index (χ1) is 10.5. The van der Waals surface area contributed by atoms with E-state index in [-0.39, 0.29) is 12.6 Å². The number of rotatable bonds is 6. The number of piperidine rings is 1. The number of hydrogen-bond donors (Lipinski definition) is 2. The van der Waals surface area contributed by atoms with Crippen LogP contribution >= 0.6 is 11.6 Å². The fourth-order valence-electron chi connectivity index (χ4n) is 2.64. The van der Waals surface area contributed by atoms with E-state index in [9.17, 15) is 4.79 Å². The summed E-state index contributed by atoms with van der Waals surface area (Å²) in [5.41, 5.74) is 12.1. The molecule has 22 heavy (non-hydrogen) atoms. The third-order valence-corrected chi connectivity index (χ3v) is 3.88. The molecule has 6 nitrogen and oxygen atoms in total. The Balaban J connectivity index is 2.12. The van der Waals surface area contributed by atoms with E-state index in [1.54, 1.807) is 0 Å². The van der Waals surface area contributed by atoms with E-state index in [4.69, 9.17) is 32.5 Å². The number of nitrogens with zero attached hydrogens (tertiary/aromatic N) is 1. The molecule has 1 heterocycles. The Bertz CT molecular complexity index is 539. The summed E-state index contributed by atoms with van der Waals surface area (Å²) in [6.45, 7) is 2.41. The van der Waals surface area contributed by atoms with Crippen molar-refractivity contribution in [1.29, 1.82) is 0 Å². The van der Waals surface area contributed by atoms with Crippen molar-refractivity contribution in [3.8, 4) is 11.5 Å². The van der Waals surface area contributed by atoms with Crippen molar-refractivity contribution in [3.63, 3.8) is 0 Å². The lowest BCUT2D eigenvalue weighted by Crippen LogP contribution is -2.42. The van der Waals surface area contributed by atoms with Crippen LogP contribution in [0, 0.1) is 0 Å². The predicted octanol–water partition coefficient (Wildman–Crippen LogP) is 1.14. The Morgan fingerprint density at radius 2 is 2.27 bits per heavy atom. The number of primary amides is 1. The monoisotopic (exact) mass is 327 g/mol. The van der Waals surface area contributed by atoms with Gasteiger partial charge in [0.05, 0.1) is 12.1 Å². The van der Waals surface area contributed by atoms with Crippen molar-refractivity contribution in [3.05, 3.63) is 22.7 Å². The number of hydrogen-bond acceptors (Lipinski definition) is 5. The highest BCUT2D eigenvalue weighted by molar-refractivity contribution is 6.32. The van der Waals surface area contributed by atoms with Crippen molar-refractivity contribution >= 4 is 17.5 Å². The van der Waals surface area contributed by atoms with Gasteiger partial charge in [-0.1, -0.05) is 11.6 Å². The van der Waals surface area contributed by atoms with Gasteiger partial charge < -0.3 is 20.9 Å². The third-order valence-electron chi connectivity index (χ3n) is 3.60. The first-order valence-electron chi connectivity index (χ1n) is 7.25. The fourth-order valence-corrected chi connectivity index (χ4v) is 2.93. The summed E-state index contributed by atoms with van der Waals surface area (Å²) in [4.78, 5) is 13.1. The van der Waals surface area contributed by atoms with Gasteiger partial charge >= 0.3 is 0 Å². The van der Waals surface area contributed by atoms with Crippen LogP contribution in [0.15, 0.2) is 12.1 Å². The van der Waals surface area contributed by atoms with Crippen LogP contribution in [0.2, 0.25) is 5.02 Å². The number of likely N-dealkylation sites (tertiary alicyclic amines) is 1. The topological polar surface area (TPSA) is 90.8 Å². The van der Waals surface area contributed by atoms with E-state index in [0.717, 1.165) is 38.0 Å². The van der Waals surface area contributed by atoms with Gasteiger partial charge in [-0.15, -0.1) is 0 Å². The normalized spacial score (nSPS) is 19.0. The van der Waals surface area contributed by atoms with Crippen LogP contribution in [0.1, 0.15) is 18.4 Å². The van der Waals surface area contributed by atoms with Crippen molar-refractivity contribution in [1.82, 2.24) is 4.90 Å². The Labute approximate surface area is 135 Å². The molecule has 0 spiro atoms. The third kappa shape index (κ3) is 4.50. The number of methoxy groups -OCH3 is 1. The highest BCUT2D eigenvalue weighted by atomic mass is 35.5. The van der Waals surface area contributed by atoms with E-state index >= 15 is 0 Å². The molecule has 1 amide bonds. The quantitative estimate of drug-likeness (QED) is 0.817. The molecule has 1 unspecified atom stereocenters. The van der Waals surface area contributed by atoms with Crippen LogP contribution in [-0.2, 0) is 11.3 Å². The van der Waals surface area contributed by atoms with Crippen LogP contribution < -0.4 is 20.9 Å². The van der Waals surface area contributed by atoms with Gasteiger partial charge in [0.1, 0.15) is 0 Å². The van der Waals surface area contributed by atoms with Crippen LogP contribution in [0.5, 0.6) is 11.5 Å². The molecular formula is C15H22ClN3O3. The number of ether oxygens (including phenoxy) is 2. The SMILES string of the molecule is COc1cc(CN2CCCC(N)C2)cc(Cl)c1OCC(N)=O. The molecule has 1 aromatic carbocycles. The van der Waals surface area contributed by atoms with Gasteiger partial charge in [-0.3, -0.25) is 9.69 Å². The summed E-state index contributed by atoms with van der Waals surface area (Å²) in [7, 11) is 1.53. The smallest absolute Gasteiger partial charge is 0.255 e. The number of nitrogens with two attached hydrogens (primary N) is 2. The Morgan fingerprint density at radius 3 is 2.91 bits per heavy atom. The zero-order valence-electron chi connectivity index (χ0n) is 12.7. The lowest BCUT2D eigenvalue weighted by molar-refractivity contribution is -0.119. The molecule has 2 rings (SSSR count). The first kappa shape index (κ1) is 16.9. The molecule has 0 aliphatic carbocycles. The van der Waals surface area contributed by atoms with Crippen molar-refractivity contribution < 1.29 is 14.3 Å². The summed E-state index contributed by atoms with van der Waals surface area (Å²) < 4.78 is 10.6. The standard InChI is InChI=1S/C15H22ClN3O3/c1-21-13-6-10(7-19-4-2-3-11(17)8-19)5-12(16)15(13)22-9-14(18)20/h5-6,11H,2-4,7-9,17H2,1H3,(H2,18,20). The maximum atomic E-state index is 10.8. The predicted molar refractivity (Wildman–Crippen MR) is 85.2 cm³/mol. The lowest BCUT2D eigenvalue weighted by Gasteiger charge is -2.30. The second-order valence-electron chi connectivity index (χ2n) is 5.50. The molecular weight excluding hydrogens is 306 g/mol. The molecule has 1 aromatic rings. The first-order valence-corrected chi connectivity index (χ1v) is 7.63. The van der Waals surface area contributed by atoms with Gasteiger partial charge in [-0.05, 0) is 37.1 Å². The van der Waals surface area contributed by atoms with Crippen molar-refractivity contribution in [2.45, 2.75) is 25.4 Å². The van der Waals surface area contributed by atoms with E-state index in [1.807, 2.05) is 12.1 Å². The maximum Gasteiger partial charge on any atom is 0.255 e. The molecule has 0 saturated carbocycles. The molecule has 1 aliphatic heterocycles. The average Bonchev–Trinajstić information content (AvgIpc) is 2.45. The van der Waals surface area contributed by atoms with Gasteiger partial charge in [0.15, 0.2) is 18.1 Å². The Morgan fingerprint density at radius 1 is 1.50 bits per heavy atom. The zero-order chi connectivity index (χ0) is 16.1. The molecule has 7 heteroatoms. The molecule has 1 fully saturated rings. The number of carbonyl (C=O) groups is 1. The summed E-state index contributed by atoms with van der Waals surface area (Å²) in [6, 6.07) is 3.91. The molecule has 122 valence electrons. The summed E-state index contributed by atoms with van der Waals surface area (Å²) in [6.07, 6.45) is 2.17. The fraction of sp³-hybridized carbons (Fsp3) is 0.533. The maximum absolute atomic E-state index is 10.8. The van der Waals surface area contributed by atoms with E-state index < -0.39 is 5.91 Å². The molecule has 0 bridgehead atoms. The number of benzene rings is 1. The highest BCUT2D eigenvalue weighted by Gasteiger charge is 2.19. The van der Waals surface area contributed by atoms with Crippen LogP contribution in [0.4, 0.5) is 0 Å². The second kappa shape index (κ2) is 7.67. The van der Waals surface area contributed by atoms with Crippen LogP contribution in [0.3, 0.4) is 0 Å². The Hall–Kier alpha value is -1.50. The van der Waals surface area contributed by atoms with Crippen molar-refractivity contribution in [2.75, 3.05) is 26.8 Å². The lowest BCUT2D eigenvalue weighted by atomic mass is 10.1. The minimum absolute atomic E-state index is 0.226. The summed E-state index contributed by atoms with van der Waals surface area (Å²) in [5.74, 6) is 0.261. The van der Waals surface area contributed by atoms with E-state index in [1.165, 1.54) is 7.11 Å². The minimum atomic E-state index is -0.565. The van der Waals surface area contributed by atoms with Gasteiger partial charge in [0.25, 0.3) is 5.91 Å². The van der Waals surface area contributed by atoms with E-state index in [2.05, 4.69) is 4.90 Å². The van der Waals surface area contributed by atoms with Gasteiger partial charge in [0, 0.05) is 19.1 Å². The van der Waals surface area contributed by atoms with Gasteiger partial charge in [0.2, 0.25) is 0 Å². The summed E-state index contributed by atoms with van der Waals surface area (Å²) in [5, 5.41) is 0.400. The molecule has 1 atom stereocenters. The van der Waals surface area contributed by atoms with Crippen LogP contribution in [-0.4, -0.2) is 43.7 Å². The molecule has 1 saturated heterocycles. The largest absolute Gasteiger partial charge is 0.493 e. The second-order valence-corrected chi connectivity index (χ2v) is 5.91. The van der Waals surface area contributed by atoms with E-state index in [0.29, 0.717) is 16.5 Å². The number of carbonyl (C=O) groups excluding carboxylic acids is 1. The van der Waals surface area contributed by atoms with Gasteiger partial charge in [-0.25, -0.2) is 0 Å². The number of halogens is 1.